The van der Waals surface area contributed by atoms with Crippen LogP contribution >= 0.6 is 0 Å². The predicted molar refractivity (Wildman–Crippen MR) is 97.8 cm³/mol. The number of aromatic hydroxyl groups is 1. The van der Waals surface area contributed by atoms with Crippen LogP contribution in [-0.4, -0.2) is 15.1 Å². The van der Waals surface area contributed by atoms with E-state index >= 15 is 0 Å². The van der Waals surface area contributed by atoms with Crippen molar-refractivity contribution < 1.29 is 5.11 Å². The first kappa shape index (κ1) is 16.2. The Morgan fingerprint density at radius 2 is 1.58 bits per heavy atom. The first-order valence-corrected chi connectivity index (χ1v) is 8.47. The van der Waals surface area contributed by atoms with Gasteiger partial charge in [-0.25, -0.2) is 9.97 Å². The number of aryl methyl sites for hydroxylation is 1. The largest absolute Gasteiger partial charge is 0.507 e. The number of unbranched alkanes of at least 4 members (excludes halogenated alkanes) is 2. The van der Waals surface area contributed by atoms with Crippen LogP contribution in [0.5, 0.6) is 5.75 Å². The van der Waals surface area contributed by atoms with Crippen molar-refractivity contribution in [2.75, 3.05) is 0 Å². The number of rotatable bonds is 6. The third-order valence-corrected chi connectivity index (χ3v) is 4.16. The highest BCUT2D eigenvalue weighted by atomic mass is 16.3. The van der Waals surface area contributed by atoms with Crippen LogP contribution in [0.1, 0.15) is 31.7 Å². The van der Waals surface area contributed by atoms with Gasteiger partial charge in [-0.05, 0) is 42.2 Å². The van der Waals surface area contributed by atoms with E-state index in [-0.39, 0.29) is 5.75 Å². The average Bonchev–Trinajstić information content (AvgIpc) is 2.63. The monoisotopic (exact) mass is 318 g/mol. The predicted octanol–water partition coefficient (Wildman–Crippen LogP) is 5.25. The van der Waals surface area contributed by atoms with Crippen molar-refractivity contribution in [2.45, 2.75) is 32.6 Å². The lowest BCUT2D eigenvalue weighted by molar-refractivity contribution is 0.477. The van der Waals surface area contributed by atoms with Crippen LogP contribution in [0.15, 0.2) is 60.9 Å². The van der Waals surface area contributed by atoms with E-state index in [0.29, 0.717) is 5.82 Å². The van der Waals surface area contributed by atoms with E-state index in [1.165, 1.54) is 24.8 Å². The standard InChI is InChI=1S/C21H22N2O/c1-2-3-4-6-16-7-9-17(10-8-16)19-12-11-18(15-20(19)24)21-22-13-5-14-23-21/h5,7-15,24H,2-4,6H2,1H3. The summed E-state index contributed by atoms with van der Waals surface area (Å²) in [5, 5.41) is 10.4. The molecule has 0 aliphatic rings. The molecule has 0 fully saturated rings. The van der Waals surface area contributed by atoms with Crippen molar-refractivity contribution in [3.05, 3.63) is 66.5 Å². The molecule has 0 aliphatic carbocycles. The molecule has 1 N–H and O–H groups in total. The van der Waals surface area contributed by atoms with Crippen molar-refractivity contribution in [2.24, 2.45) is 0 Å². The van der Waals surface area contributed by atoms with E-state index in [1.807, 2.05) is 12.1 Å². The highest BCUT2D eigenvalue weighted by Crippen LogP contribution is 2.32. The van der Waals surface area contributed by atoms with Crippen LogP contribution in [0.3, 0.4) is 0 Å². The molecular weight excluding hydrogens is 296 g/mol. The second-order valence-electron chi connectivity index (χ2n) is 5.96. The van der Waals surface area contributed by atoms with E-state index in [1.54, 1.807) is 24.5 Å². The zero-order valence-electron chi connectivity index (χ0n) is 13.9. The van der Waals surface area contributed by atoms with Gasteiger partial charge in [0.25, 0.3) is 0 Å². The summed E-state index contributed by atoms with van der Waals surface area (Å²) in [7, 11) is 0. The smallest absolute Gasteiger partial charge is 0.159 e. The first-order chi connectivity index (χ1) is 11.8. The second-order valence-corrected chi connectivity index (χ2v) is 5.96. The fourth-order valence-electron chi connectivity index (χ4n) is 2.79. The van der Waals surface area contributed by atoms with Crippen LogP contribution in [-0.2, 0) is 6.42 Å². The Morgan fingerprint density at radius 1 is 0.875 bits per heavy atom. The van der Waals surface area contributed by atoms with Crippen LogP contribution in [0.4, 0.5) is 0 Å². The number of nitrogens with zero attached hydrogens (tertiary/aromatic N) is 2. The number of hydrogen-bond acceptors (Lipinski definition) is 3. The molecule has 24 heavy (non-hydrogen) atoms. The molecule has 0 radical (unpaired) electrons. The lowest BCUT2D eigenvalue weighted by Gasteiger charge is -2.08. The second kappa shape index (κ2) is 7.73. The molecule has 3 nitrogen and oxygen atoms in total. The highest BCUT2D eigenvalue weighted by molar-refractivity contribution is 5.74. The quantitative estimate of drug-likeness (QED) is 0.631. The summed E-state index contributed by atoms with van der Waals surface area (Å²) >= 11 is 0. The van der Waals surface area contributed by atoms with Gasteiger partial charge in [0.05, 0.1) is 0 Å². The molecule has 1 aromatic heterocycles. The van der Waals surface area contributed by atoms with Crippen LogP contribution in [0.2, 0.25) is 0 Å². The number of phenolic OH excluding ortho intramolecular Hbond substituents is 1. The number of hydrogen-bond donors (Lipinski definition) is 1. The van der Waals surface area contributed by atoms with Gasteiger partial charge in [-0.15, -0.1) is 0 Å². The molecule has 2 aromatic carbocycles. The average molecular weight is 318 g/mol. The summed E-state index contributed by atoms with van der Waals surface area (Å²) in [6.07, 6.45) is 8.25. The molecule has 0 spiro atoms. The Balaban J connectivity index is 1.80. The normalized spacial score (nSPS) is 10.7. The van der Waals surface area contributed by atoms with E-state index < -0.39 is 0 Å². The SMILES string of the molecule is CCCCCc1ccc(-c2ccc(-c3ncccn3)cc2O)cc1. The minimum Gasteiger partial charge on any atom is -0.507 e. The summed E-state index contributed by atoms with van der Waals surface area (Å²) in [4.78, 5) is 8.43. The fourth-order valence-corrected chi connectivity index (χ4v) is 2.79. The van der Waals surface area contributed by atoms with Crippen LogP contribution in [0, 0.1) is 0 Å². The minimum absolute atomic E-state index is 0.249. The maximum absolute atomic E-state index is 10.4. The van der Waals surface area contributed by atoms with Gasteiger partial charge in [-0.1, -0.05) is 50.1 Å². The number of benzene rings is 2. The van der Waals surface area contributed by atoms with Gasteiger partial charge in [-0.3, -0.25) is 0 Å². The molecular formula is C21H22N2O. The van der Waals surface area contributed by atoms with Gasteiger partial charge in [0, 0.05) is 23.5 Å². The van der Waals surface area contributed by atoms with Crippen LogP contribution < -0.4 is 0 Å². The molecule has 3 aromatic rings. The van der Waals surface area contributed by atoms with Gasteiger partial charge in [0.2, 0.25) is 0 Å². The summed E-state index contributed by atoms with van der Waals surface area (Å²) in [6.45, 7) is 2.22. The van der Waals surface area contributed by atoms with Gasteiger partial charge < -0.3 is 5.11 Å². The zero-order chi connectivity index (χ0) is 16.8. The number of aromatic nitrogens is 2. The van der Waals surface area contributed by atoms with Gasteiger partial charge in [0.15, 0.2) is 5.82 Å². The Labute approximate surface area is 143 Å². The van der Waals surface area contributed by atoms with E-state index in [2.05, 4.69) is 41.2 Å². The van der Waals surface area contributed by atoms with Gasteiger partial charge in [-0.2, -0.15) is 0 Å². The van der Waals surface area contributed by atoms with Crippen molar-refractivity contribution in [1.29, 1.82) is 0 Å². The van der Waals surface area contributed by atoms with Crippen molar-refractivity contribution in [3.8, 4) is 28.3 Å². The minimum atomic E-state index is 0.249. The summed E-state index contributed by atoms with van der Waals surface area (Å²) in [5.74, 6) is 0.865. The molecule has 0 amide bonds. The highest BCUT2D eigenvalue weighted by Gasteiger charge is 2.08. The van der Waals surface area contributed by atoms with Gasteiger partial charge in [0.1, 0.15) is 5.75 Å². The topological polar surface area (TPSA) is 46.0 Å². The Hall–Kier alpha value is -2.68. The zero-order valence-corrected chi connectivity index (χ0v) is 13.9. The molecule has 0 saturated carbocycles. The molecule has 0 bridgehead atoms. The summed E-state index contributed by atoms with van der Waals surface area (Å²) < 4.78 is 0. The maximum atomic E-state index is 10.4. The Bertz CT molecular complexity index is 783. The van der Waals surface area contributed by atoms with Crippen molar-refractivity contribution >= 4 is 0 Å². The van der Waals surface area contributed by atoms with Crippen LogP contribution in [0.25, 0.3) is 22.5 Å². The third-order valence-electron chi connectivity index (χ3n) is 4.16. The molecule has 122 valence electrons. The molecule has 3 rings (SSSR count). The summed E-state index contributed by atoms with van der Waals surface area (Å²) in [6, 6.07) is 15.8. The lowest BCUT2D eigenvalue weighted by atomic mass is 9.99. The number of phenols is 1. The van der Waals surface area contributed by atoms with Crippen molar-refractivity contribution in [3.63, 3.8) is 0 Å². The molecule has 3 heteroatoms. The van der Waals surface area contributed by atoms with Crippen molar-refractivity contribution in [1.82, 2.24) is 9.97 Å². The van der Waals surface area contributed by atoms with Gasteiger partial charge >= 0.3 is 0 Å². The Morgan fingerprint density at radius 3 is 2.25 bits per heavy atom. The molecule has 0 atom stereocenters. The maximum Gasteiger partial charge on any atom is 0.159 e. The summed E-state index contributed by atoms with van der Waals surface area (Å²) in [5.41, 5.74) is 4.01. The van der Waals surface area contributed by atoms with E-state index in [9.17, 15) is 5.11 Å². The van der Waals surface area contributed by atoms with E-state index in [0.717, 1.165) is 23.1 Å². The molecule has 0 unspecified atom stereocenters. The Kier molecular flexibility index (Phi) is 5.22. The fraction of sp³-hybridized carbons (Fsp3) is 0.238. The first-order valence-electron chi connectivity index (χ1n) is 8.47. The third kappa shape index (κ3) is 3.80. The lowest BCUT2D eigenvalue weighted by Crippen LogP contribution is -1.88. The molecule has 1 heterocycles. The molecule has 0 saturated heterocycles. The molecule has 0 aliphatic heterocycles. The van der Waals surface area contributed by atoms with E-state index in [4.69, 9.17) is 0 Å².